The predicted octanol–water partition coefficient (Wildman–Crippen LogP) is 3.86. The maximum atomic E-state index is 13.3. The number of aliphatic imine (C=N–C) groups is 1. The van der Waals surface area contributed by atoms with E-state index in [9.17, 15) is 13.9 Å². The highest BCUT2D eigenvalue weighted by Gasteiger charge is 2.15. The maximum Gasteiger partial charge on any atom is 0.127 e. The van der Waals surface area contributed by atoms with Crippen LogP contribution in [0, 0.1) is 11.6 Å². The van der Waals surface area contributed by atoms with E-state index < -0.39 is 5.82 Å². The molecule has 6 heteroatoms. The van der Waals surface area contributed by atoms with E-state index in [2.05, 4.69) is 15.0 Å². The van der Waals surface area contributed by atoms with E-state index in [0.29, 0.717) is 23.3 Å². The molecular formula is C19H17F2N3O. The molecule has 0 amide bonds. The van der Waals surface area contributed by atoms with Gasteiger partial charge in [0.05, 0.1) is 18.1 Å². The van der Waals surface area contributed by atoms with Gasteiger partial charge in [0.15, 0.2) is 0 Å². The Morgan fingerprint density at radius 3 is 2.52 bits per heavy atom. The lowest BCUT2D eigenvalue weighted by molar-refractivity contribution is 0.468. The van der Waals surface area contributed by atoms with E-state index in [4.69, 9.17) is 0 Å². The summed E-state index contributed by atoms with van der Waals surface area (Å²) < 4.78 is 26.6. The van der Waals surface area contributed by atoms with Crippen molar-refractivity contribution in [2.45, 2.75) is 19.4 Å². The third kappa shape index (κ3) is 4.09. The molecule has 0 spiro atoms. The van der Waals surface area contributed by atoms with Gasteiger partial charge in [-0.2, -0.15) is 0 Å². The standard InChI is InChI=1S/C19H17F2N3O/c1-12(8-16-10-22-11-23-16)24-19(13-2-4-14(20)5-3-13)17-7-6-15(21)9-18(17)25/h2-7,9-12,25H,8H2,1H3,(H,22,23)/t12-/m1/s1. The van der Waals surface area contributed by atoms with Crippen LogP contribution in [0.4, 0.5) is 8.78 Å². The second-order valence-corrected chi connectivity index (χ2v) is 5.78. The Hall–Kier alpha value is -3.02. The fourth-order valence-corrected chi connectivity index (χ4v) is 2.59. The number of aromatic nitrogens is 2. The van der Waals surface area contributed by atoms with Crippen molar-refractivity contribution < 1.29 is 13.9 Å². The van der Waals surface area contributed by atoms with Gasteiger partial charge in [0.2, 0.25) is 0 Å². The molecule has 0 aliphatic heterocycles. The average molecular weight is 341 g/mol. The second kappa shape index (κ2) is 7.25. The fourth-order valence-electron chi connectivity index (χ4n) is 2.59. The summed E-state index contributed by atoms with van der Waals surface area (Å²) in [7, 11) is 0. The Morgan fingerprint density at radius 2 is 1.88 bits per heavy atom. The second-order valence-electron chi connectivity index (χ2n) is 5.78. The Morgan fingerprint density at radius 1 is 1.16 bits per heavy atom. The van der Waals surface area contributed by atoms with Crippen molar-refractivity contribution in [3.8, 4) is 5.75 Å². The monoisotopic (exact) mass is 341 g/mol. The Labute approximate surface area is 143 Å². The van der Waals surface area contributed by atoms with Crippen LogP contribution in [0.5, 0.6) is 5.75 Å². The van der Waals surface area contributed by atoms with Gasteiger partial charge in [0.25, 0.3) is 0 Å². The van der Waals surface area contributed by atoms with E-state index in [1.807, 2.05) is 6.92 Å². The molecule has 1 atom stereocenters. The third-order valence-electron chi connectivity index (χ3n) is 3.75. The number of imidazole rings is 1. The van der Waals surface area contributed by atoms with Crippen LogP contribution in [-0.4, -0.2) is 26.8 Å². The Kier molecular flexibility index (Phi) is 4.88. The van der Waals surface area contributed by atoms with Crippen LogP contribution in [0.15, 0.2) is 60.0 Å². The number of hydrogen-bond donors (Lipinski definition) is 2. The van der Waals surface area contributed by atoms with Crippen molar-refractivity contribution in [2.75, 3.05) is 0 Å². The summed E-state index contributed by atoms with van der Waals surface area (Å²) in [5, 5.41) is 10.1. The van der Waals surface area contributed by atoms with E-state index in [1.54, 1.807) is 24.7 Å². The number of phenolic OH excluding ortho intramolecular Hbond substituents is 1. The van der Waals surface area contributed by atoms with Crippen LogP contribution in [0.3, 0.4) is 0 Å². The molecule has 0 fully saturated rings. The predicted molar refractivity (Wildman–Crippen MR) is 91.9 cm³/mol. The number of rotatable bonds is 5. The Bertz CT molecular complexity index is 874. The molecule has 3 aromatic rings. The molecule has 1 heterocycles. The van der Waals surface area contributed by atoms with E-state index >= 15 is 0 Å². The summed E-state index contributed by atoms with van der Waals surface area (Å²) in [5.74, 6) is -1.11. The molecule has 25 heavy (non-hydrogen) atoms. The first kappa shape index (κ1) is 16.8. The molecule has 0 saturated heterocycles. The first-order valence-corrected chi connectivity index (χ1v) is 7.83. The average Bonchev–Trinajstić information content (AvgIpc) is 3.07. The minimum Gasteiger partial charge on any atom is -0.507 e. The zero-order valence-electron chi connectivity index (χ0n) is 13.6. The van der Waals surface area contributed by atoms with Gasteiger partial charge >= 0.3 is 0 Å². The minimum atomic E-state index is -0.537. The number of H-pyrrole nitrogens is 1. The van der Waals surface area contributed by atoms with Crippen LogP contribution in [-0.2, 0) is 6.42 Å². The van der Waals surface area contributed by atoms with Gasteiger partial charge in [-0.15, -0.1) is 0 Å². The molecular weight excluding hydrogens is 324 g/mol. The van der Waals surface area contributed by atoms with Gasteiger partial charge < -0.3 is 10.1 Å². The SMILES string of the molecule is C[C@H](Cc1cnc[nH]1)N=C(c1ccc(F)cc1)c1ccc(F)cc1O. The third-order valence-corrected chi connectivity index (χ3v) is 3.75. The van der Waals surface area contributed by atoms with Crippen molar-refractivity contribution in [3.05, 3.63) is 83.4 Å². The quantitative estimate of drug-likeness (QED) is 0.692. The molecule has 128 valence electrons. The van der Waals surface area contributed by atoms with Crippen molar-refractivity contribution in [2.24, 2.45) is 4.99 Å². The molecule has 0 aliphatic rings. The van der Waals surface area contributed by atoms with Crippen molar-refractivity contribution in [1.29, 1.82) is 0 Å². The van der Waals surface area contributed by atoms with Crippen LogP contribution in [0.1, 0.15) is 23.7 Å². The largest absolute Gasteiger partial charge is 0.507 e. The topological polar surface area (TPSA) is 61.3 Å². The lowest BCUT2D eigenvalue weighted by atomic mass is 10.0. The van der Waals surface area contributed by atoms with E-state index in [0.717, 1.165) is 11.8 Å². The number of halogens is 2. The summed E-state index contributed by atoms with van der Waals surface area (Å²) in [5.41, 5.74) is 2.44. The zero-order valence-corrected chi connectivity index (χ0v) is 13.6. The van der Waals surface area contributed by atoms with E-state index in [1.165, 1.54) is 24.3 Å². The van der Waals surface area contributed by atoms with Crippen LogP contribution in [0.25, 0.3) is 0 Å². The van der Waals surface area contributed by atoms with Crippen molar-refractivity contribution >= 4 is 5.71 Å². The molecule has 2 aromatic carbocycles. The zero-order chi connectivity index (χ0) is 17.8. The maximum absolute atomic E-state index is 13.3. The summed E-state index contributed by atoms with van der Waals surface area (Å²) >= 11 is 0. The van der Waals surface area contributed by atoms with Crippen LogP contribution in [0.2, 0.25) is 0 Å². The van der Waals surface area contributed by atoms with Gasteiger partial charge in [-0.25, -0.2) is 13.8 Å². The minimum absolute atomic E-state index is 0.134. The number of aromatic amines is 1. The molecule has 2 N–H and O–H groups in total. The smallest absolute Gasteiger partial charge is 0.127 e. The number of aromatic hydroxyl groups is 1. The van der Waals surface area contributed by atoms with Crippen molar-refractivity contribution in [3.63, 3.8) is 0 Å². The lowest BCUT2D eigenvalue weighted by Crippen LogP contribution is -2.12. The first-order valence-electron chi connectivity index (χ1n) is 7.83. The molecule has 4 nitrogen and oxygen atoms in total. The van der Waals surface area contributed by atoms with Gasteiger partial charge in [-0.1, -0.05) is 0 Å². The Balaban J connectivity index is 2.01. The molecule has 0 unspecified atom stereocenters. The summed E-state index contributed by atoms with van der Waals surface area (Å²) in [6.07, 6.45) is 3.93. The lowest BCUT2D eigenvalue weighted by Gasteiger charge is -2.13. The molecule has 0 saturated carbocycles. The van der Waals surface area contributed by atoms with Crippen LogP contribution >= 0.6 is 0 Å². The van der Waals surface area contributed by atoms with E-state index in [-0.39, 0.29) is 17.6 Å². The van der Waals surface area contributed by atoms with Gasteiger partial charge in [-0.3, -0.25) is 4.99 Å². The van der Waals surface area contributed by atoms with Crippen LogP contribution < -0.4 is 0 Å². The normalized spacial score (nSPS) is 13.0. The summed E-state index contributed by atoms with van der Waals surface area (Å²) in [6, 6.07) is 9.44. The van der Waals surface area contributed by atoms with Gasteiger partial charge in [0, 0.05) is 35.5 Å². The number of hydrogen-bond acceptors (Lipinski definition) is 3. The molecule has 0 bridgehead atoms. The molecule has 0 radical (unpaired) electrons. The molecule has 0 aliphatic carbocycles. The number of phenols is 1. The highest BCUT2D eigenvalue weighted by atomic mass is 19.1. The van der Waals surface area contributed by atoms with Crippen molar-refractivity contribution in [1.82, 2.24) is 9.97 Å². The molecule has 1 aromatic heterocycles. The number of nitrogens with one attached hydrogen (secondary N) is 1. The number of benzene rings is 2. The molecule has 3 rings (SSSR count). The van der Waals surface area contributed by atoms with Gasteiger partial charge in [0.1, 0.15) is 17.4 Å². The highest BCUT2D eigenvalue weighted by molar-refractivity contribution is 6.14. The number of nitrogens with zero attached hydrogens (tertiary/aromatic N) is 2. The fraction of sp³-hybridized carbons (Fsp3) is 0.158. The highest BCUT2D eigenvalue weighted by Crippen LogP contribution is 2.23. The van der Waals surface area contributed by atoms with Gasteiger partial charge in [-0.05, 0) is 43.3 Å². The summed E-state index contributed by atoms with van der Waals surface area (Å²) in [4.78, 5) is 11.7. The summed E-state index contributed by atoms with van der Waals surface area (Å²) in [6.45, 7) is 1.92. The first-order chi connectivity index (χ1) is 12.0.